The zero-order valence-electron chi connectivity index (χ0n) is 9.58. The van der Waals surface area contributed by atoms with Crippen LogP contribution in [0.2, 0.25) is 10.0 Å². The topological polar surface area (TPSA) is 42.0 Å². The van der Waals surface area contributed by atoms with Gasteiger partial charge in [0.15, 0.2) is 0 Å². The van der Waals surface area contributed by atoms with Crippen LogP contribution in [0.1, 0.15) is 15.9 Å². The molecule has 0 aliphatic rings. The minimum absolute atomic E-state index is 0.215. The predicted molar refractivity (Wildman–Crippen MR) is 73.4 cm³/mol. The Labute approximate surface area is 115 Å². The maximum Gasteiger partial charge on any atom is 0.256 e. The monoisotopic (exact) mass is 280 g/mol. The Hall–Kier alpha value is -1.58. The van der Waals surface area contributed by atoms with E-state index in [2.05, 4.69) is 10.3 Å². The van der Waals surface area contributed by atoms with Crippen LogP contribution in [-0.4, -0.2) is 10.9 Å². The van der Waals surface area contributed by atoms with E-state index in [4.69, 9.17) is 23.2 Å². The highest BCUT2D eigenvalue weighted by Crippen LogP contribution is 2.23. The van der Waals surface area contributed by atoms with E-state index in [0.717, 1.165) is 5.56 Å². The van der Waals surface area contributed by atoms with Gasteiger partial charge in [0.05, 0.1) is 0 Å². The van der Waals surface area contributed by atoms with Crippen LogP contribution >= 0.6 is 23.2 Å². The van der Waals surface area contributed by atoms with Crippen LogP contribution in [0, 0.1) is 6.92 Å². The first-order chi connectivity index (χ1) is 8.56. The highest BCUT2D eigenvalue weighted by molar-refractivity contribution is 6.35. The lowest BCUT2D eigenvalue weighted by molar-refractivity contribution is 0.102. The van der Waals surface area contributed by atoms with Crippen molar-refractivity contribution < 1.29 is 4.79 Å². The number of nitrogens with one attached hydrogen (secondary N) is 1. The Morgan fingerprint density at radius 2 is 1.89 bits per heavy atom. The number of rotatable bonds is 2. The number of halogens is 2. The molecular formula is C13H10Cl2N2O. The van der Waals surface area contributed by atoms with Gasteiger partial charge in [-0.3, -0.25) is 9.78 Å². The van der Waals surface area contributed by atoms with E-state index in [1.165, 1.54) is 0 Å². The van der Waals surface area contributed by atoms with Crippen molar-refractivity contribution >= 4 is 34.8 Å². The van der Waals surface area contributed by atoms with Gasteiger partial charge in [-0.1, -0.05) is 23.2 Å². The largest absolute Gasteiger partial charge is 0.322 e. The fourth-order valence-electron chi connectivity index (χ4n) is 1.55. The number of aryl methyl sites for hydroxylation is 1. The second-order valence-electron chi connectivity index (χ2n) is 3.80. The lowest BCUT2D eigenvalue weighted by atomic mass is 10.1. The predicted octanol–water partition coefficient (Wildman–Crippen LogP) is 3.95. The van der Waals surface area contributed by atoms with Crippen LogP contribution in [0.5, 0.6) is 0 Å². The summed E-state index contributed by atoms with van der Waals surface area (Å²) in [6.45, 7) is 1.83. The van der Waals surface area contributed by atoms with Crippen LogP contribution in [0.3, 0.4) is 0 Å². The number of pyridine rings is 1. The second kappa shape index (κ2) is 5.38. The molecule has 5 heteroatoms. The molecule has 3 nitrogen and oxygen atoms in total. The molecule has 0 aliphatic heterocycles. The molecule has 92 valence electrons. The number of benzene rings is 1. The lowest BCUT2D eigenvalue weighted by Crippen LogP contribution is -2.13. The fourth-order valence-corrected chi connectivity index (χ4v) is 2.08. The number of anilines is 1. The van der Waals surface area contributed by atoms with E-state index in [0.29, 0.717) is 21.3 Å². The fraction of sp³-hybridized carbons (Fsp3) is 0.0769. The van der Waals surface area contributed by atoms with Gasteiger partial charge in [-0.15, -0.1) is 0 Å². The van der Waals surface area contributed by atoms with Crippen molar-refractivity contribution in [3.8, 4) is 0 Å². The molecule has 1 aromatic heterocycles. The van der Waals surface area contributed by atoms with Gasteiger partial charge in [-0.05, 0) is 36.8 Å². The molecular weight excluding hydrogens is 271 g/mol. The van der Waals surface area contributed by atoms with E-state index in [-0.39, 0.29) is 5.91 Å². The van der Waals surface area contributed by atoms with Gasteiger partial charge in [0, 0.05) is 33.7 Å². The van der Waals surface area contributed by atoms with Crippen molar-refractivity contribution in [1.82, 2.24) is 4.98 Å². The minimum Gasteiger partial charge on any atom is -0.322 e. The third-order valence-corrected chi connectivity index (χ3v) is 2.82. The molecule has 1 aromatic carbocycles. The molecule has 0 saturated heterocycles. The summed E-state index contributed by atoms with van der Waals surface area (Å²) >= 11 is 11.7. The number of hydrogen-bond donors (Lipinski definition) is 1. The summed E-state index contributed by atoms with van der Waals surface area (Å²) in [5, 5.41) is 3.70. The van der Waals surface area contributed by atoms with Crippen LogP contribution in [0.4, 0.5) is 5.69 Å². The first kappa shape index (κ1) is 12.9. The number of carbonyl (C=O) groups is 1. The molecule has 0 fully saturated rings. The first-order valence-electron chi connectivity index (χ1n) is 5.24. The minimum atomic E-state index is -0.215. The van der Waals surface area contributed by atoms with Crippen molar-refractivity contribution in [2.45, 2.75) is 6.92 Å². The zero-order chi connectivity index (χ0) is 13.1. The summed E-state index contributed by atoms with van der Waals surface area (Å²) < 4.78 is 0. The quantitative estimate of drug-likeness (QED) is 0.905. The molecule has 2 aromatic rings. The van der Waals surface area contributed by atoms with Crippen molar-refractivity contribution in [2.24, 2.45) is 0 Å². The summed E-state index contributed by atoms with van der Waals surface area (Å²) in [4.78, 5) is 16.0. The molecule has 0 unspecified atom stereocenters. The van der Waals surface area contributed by atoms with E-state index in [1.807, 2.05) is 6.92 Å². The Morgan fingerprint density at radius 3 is 2.50 bits per heavy atom. The summed E-state index contributed by atoms with van der Waals surface area (Å²) in [7, 11) is 0. The van der Waals surface area contributed by atoms with Crippen LogP contribution in [0.15, 0.2) is 36.7 Å². The Bertz CT molecular complexity index is 579. The van der Waals surface area contributed by atoms with Gasteiger partial charge in [-0.25, -0.2) is 0 Å². The van der Waals surface area contributed by atoms with E-state index in [9.17, 15) is 4.79 Å². The van der Waals surface area contributed by atoms with Crippen LogP contribution in [0.25, 0.3) is 0 Å². The van der Waals surface area contributed by atoms with Crippen LogP contribution in [-0.2, 0) is 0 Å². The molecule has 2 rings (SSSR count). The van der Waals surface area contributed by atoms with Gasteiger partial charge in [0.25, 0.3) is 5.91 Å². The Balaban J connectivity index is 2.24. The molecule has 0 radical (unpaired) electrons. The van der Waals surface area contributed by atoms with Gasteiger partial charge in [0.2, 0.25) is 0 Å². The highest BCUT2D eigenvalue weighted by Gasteiger charge is 2.09. The molecule has 1 N–H and O–H groups in total. The molecule has 0 saturated carbocycles. The number of hydrogen-bond acceptors (Lipinski definition) is 2. The van der Waals surface area contributed by atoms with E-state index in [1.54, 1.807) is 36.7 Å². The first-order valence-corrected chi connectivity index (χ1v) is 6.00. The summed E-state index contributed by atoms with van der Waals surface area (Å²) in [6, 6.07) is 6.55. The van der Waals surface area contributed by atoms with Crippen molar-refractivity contribution in [2.75, 3.05) is 5.32 Å². The lowest BCUT2D eigenvalue weighted by Gasteiger charge is -2.08. The number of carbonyl (C=O) groups excluding carboxylic acids is 1. The normalized spacial score (nSPS) is 10.2. The number of nitrogens with zero attached hydrogens (tertiary/aromatic N) is 1. The number of aromatic nitrogens is 1. The maximum absolute atomic E-state index is 12.0. The average Bonchev–Trinajstić information content (AvgIpc) is 2.27. The Kier molecular flexibility index (Phi) is 3.84. The third kappa shape index (κ3) is 3.00. The SMILES string of the molecule is Cc1cnccc1C(=O)Nc1cc(Cl)cc(Cl)c1. The number of amides is 1. The van der Waals surface area contributed by atoms with Gasteiger partial charge < -0.3 is 5.32 Å². The average molecular weight is 281 g/mol. The van der Waals surface area contributed by atoms with Crippen LogP contribution < -0.4 is 5.32 Å². The Morgan fingerprint density at radius 1 is 1.22 bits per heavy atom. The molecule has 1 amide bonds. The van der Waals surface area contributed by atoms with E-state index < -0.39 is 0 Å². The maximum atomic E-state index is 12.0. The van der Waals surface area contributed by atoms with Gasteiger partial charge >= 0.3 is 0 Å². The third-order valence-electron chi connectivity index (χ3n) is 2.39. The molecule has 18 heavy (non-hydrogen) atoms. The molecule has 1 heterocycles. The molecule has 0 spiro atoms. The summed E-state index contributed by atoms with van der Waals surface area (Å²) in [5.74, 6) is -0.215. The summed E-state index contributed by atoms with van der Waals surface area (Å²) in [5.41, 5.74) is 1.94. The standard InChI is InChI=1S/C13H10Cl2N2O/c1-8-7-16-3-2-12(8)13(18)17-11-5-9(14)4-10(15)6-11/h2-7H,1H3,(H,17,18). The van der Waals surface area contributed by atoms with Gasteiger partial charge in [-0.2, -0.15) is 0 Å². The molecule has 0 aliphatic carbocycles. The van der Waals surface area contributed by atoms with Crippen molar-refractivity contribution in [1.29, 1.82) is 0 Å². The van der Waals surface area contributed by atoms with E-state index >= 15 is 0 Å². The zero-order valence-corrected chi connectivity index (χ0v) is 11.1. The van der Waals surface area contributed by atoms with Crippen molar-refractivity contribution in [3.63, 3.8) is 0 Å². The molecule has 0 bridgehead atoms. The van der Waals surface area contributed by atoms with Crippen molar-refractivity contribution in [3.05, 3.63) is 57.8 Å². The van der Waals surface area contributed by atoms with Gasteiger partial charge in [0.1, 0.15) is 0 Å². The summed E-state index contributed by atoms with van der Waals surface area (Å²) in [6.07, 6.45) is 3.22. The molecule has 0 atom stereocenters. The second-order valence-corrected chi connectivity index (χ2v) is 4.68. The smallest absolute Gasteiger partial charge is 0.256 e. The highest BCUT2D eigenvalue weighted by atomic mass is 35.5.